The van der Waals surface area contributed by atoms with Gasteiger partial charge >= 0.3 is 0 Å². The van der Waals surface area contributed by atoms with E-state index >= 15 is 0 Å². The molecule has 3 aromatic rings. The summed E-state index contributed by atoms with van der Waals surface area (Å²) in [6.45, 7) is 1.93. The second-order valence-electron chi connectivity index (χ2n) is 6.80. The molecule has 0 radical (unpaired) electrons. The quantitative estimate of drug-likeness (QED) is 0.653. The smallest absolute Gasteiger partial charge is 0.266 e. The Labute approximate surface area is 166 Å². The number of carbonyl (C=O) groups is 1. The molecule has 144 valence electrons. The first-order chi connectivity index (χ1) is 13.7. The van der Waals surface area contributed by atoms with Gasteiger partial charge in [-0.2, -0.15) is 10.2 Å². The van der Waals surface area contributed by atoms with Crippen molar-refractivity contribution >= 4 is 23.1 Å². The lowest BCUT2D eigenvalue weighted by Crippen LogP contribution is -2.41. The van der Waals surface area contributed by atoms with Crippen LogP contribution in [0.1, 0.15) is 23.4 Å². The van der Waals surface area contributed by atoms with E-state index in [4.69, 9.17) is 8.83 Å². The van der Waals surface area contributed by atoms with Gasteiger partial charge in [-0.15, -0.1) is 11.3 Å². The average Bonchev–Trinajstić information content (AvgIpc) is 3.48. The number of piperidine rings is 1. The normalized spacial score (nSPS) is 14.8. The zero-order valence-electron chi connectivity index (χ0n) is 15.5. The van der Waals surface area contributed by atoms with Gasteiger partial charge in [-0.05, 0) is 36.4 Å². The molecule has 1 aliphatic heterocycles. The van der Waals surface area contributed by atoms with Gasteiger partial charge in [0.25, 0.3) is 5.89 Å². The van der Waals surface area contributed by atoms with Gasteiger partial charge in [0.1, 0.15) is 6.07 Å². The predicted molar refractivity (Wildman–Crippen MR) is 105 cm³/mol. The highest BCUT2D eigenvalue weighted by Gasteiger charge is 2.30. The maximum absolute atomic E-state index is 12.8. The summed E-state index contributed by atoms with van der Waals surface area (Å²) in [4.78, 5) is 22.0. The number of oxazole rings is 1. The Balaban J connectivity index is 1.40. The molecule has 4 rings (SSSR count). The van der Waals surface area contributed by atoms with E-state index in [-0.39, 0.29) is 17.5 Å². The van der Waals surface area contributed by atoms with Gasteiger partial charge in [0.05, 0.1) is 12.8 Å². The molecule has 0 bridgehead atoms. The number of nitriles is 1. The minimum absolute atomic E-state index is 0.0146. The number of thiophene rings is 1. The lowest BCUT2D eigenvalue weighted by atomic mass is 9.95. The molecule has 1 saturated heterocycles. The number of rotatable bonds is 5. The molecule has 4 heterocycles. The zero-order chi connectivity index (χ0) is 19.5. The standard InChI is InChI=1S/C20H20N4O3S/c1-23(13-15-4-3-11-28-15)19(25)14-6-8-24(9-7-14)20-16(12-21)22-18(27-20)17-5-2-10-26-17/h2-5,10-11,14H,6-9,13H2,1H3. The molecule has 7 nitrogen and oxygen atoms in total. The Morgan fingerprint density at radius 2 is 2.21 bits per heavy atom. The SMILES string of the molecule is CN(Cc1cccs1)C(=O)C1CCN(c2oc(-c3ccco3)nc2C#N)CC1. The molecular weight excluding hydrogens is 376 g/mol. The molecule has 0 saturated carbocycles. The first-order valence-corrected chi connectivity index (χ1v) is 10.0. The number of nitrogens with zero attached hydrogens (tertiary/aromatic N) is 4. The van der Waals surface area contributed by atoms with E-state index in [9.17, 15) is 10.1 Å². The van der Waals surface area contributed by atoms with Crippen LogP contribution in [-0.2, 0) is 11.3 Å². The van der Waals surface area contributed by atoms with Crippen molar-refractivity contribution in [3.63, 3.8) is 0 Å². The minimum Gasteiger partial charge on any atom is -0.459 e. The fourth-order valence-corrected chi connectivity index (χ4v) is 4.22. The van der Waals surface area contributed by atoms with Crippen LogP contribution in [-0.4, -0.2) is 35.9 Å². The highest BCUT2D eigenvalue weighted by molar-refractivity contribution is 7.09. The Morgan fingerprint density at radius 3 is 2.86 bits per heavy atom. The summed E-state index contributed by atoms with van der Waals surface area (Å²) in [6.07, 6.45) is 2.97. The maximum atomic E-state index is 12.8. The molecular formula is C20H20N4O3S. The molecule has 0 atom stereocenters. The fraction of sp³-hybridized carbons (Fsp3) is 0.350. The van der Waals surface area contributed by atoms with Gasteiger partial charge in [-0.1, -0.05) is 6.07 Å². The summed E-state index contributed by atoms with van der Waals surface area (Å²) >= 11 is 1.66. The third-order valence-electron chi connectivity index (χ3n) is 4.93. The molecule has 28 heavy (non-hydrogen) atoms. The van der Waals surface area contributed by atoms with Crippen LogP contribution in [0.5, 0.6) is 0 Å². The van der Waals surface area contributed by atoms with Gasteiger partial charge in [-0.3, -0.25) is 4.79 Å². The fourth-order valence-electron chi connectivity index (χ4n) is 3.46. The number of hydrogen-bond donors (Lipinski definition) is 0. The summed E-state index contributed by atoms with van der Waals surface area (Å²) in [5.41, 5.74) is 0.242. The van der Waals surface area contributed by atoms with Crippen molar-refractivity contribution in [2.45, 2.75) is 19.4 Å². The highest BCUT2D eigenvalue weighted by atomic mass is 32.1. The van der Waals surface area contributed by atoms with E-state index < -0.39 is 0 Å². The molecule has 8 heteroatoms. The number of carbonyl (C=O) groups excluding carboxylic acids is 1. The van der Waals surface area contributed by atoms with Gasteiger partial charge in [0, 0.05) is 30.9 Å². The molecule has 3 aromatic heterocycles. The molecule has 1 amide bonds. The Morgan fingerprint density at radius 1 is 1.39 bits per heavy atom. The van der Waals surface area contributed by atoms with Crippen LogP contribution in [0.2, 0.25) is 0 Å². The van der Waals surface area contributed by atoms with Crippen LogP contribution in [0.25, 0.3) is 11.7 Å². The van der Waals surface area contributed by atoms with E-state index in [2.05, 4.69) is 11.1 Å². The highest BCUT2D eigenvalue weighted by Crippen LogP contribution is 2.31. The van der Waals surface area contributed by atoms with Gasteiger partial charge in [0.15, 0.2) is 5.76 Å². The van der Waals surface area contributed by atoms with E-state index in [0.717, 1.165) is 12.8 Å². The van der Waals surface area contributed by atoms with Crippen molar-refractivity contribution in [1.82, 2.24) is 9.88 Å². The molecule has 0 aromatic carbocycles. The molecule has 0 spiro atoms. The number of amides is 1. The lowest BCUT2D eigenvalue weighted by molar-refractivity contribution is -0.135. The summed E-state index contributed by atoms with van der Waals surface area (Å²) in [5.74, 6) is 1.39. The van der Waals surface area contributed by atoms with Gasteiger partial charge in [-0.25, -0.2) is 0 Å². The van der Waals surface area contributed by atoms with Crippen molar-refractivity contribution in [3.8, 4) is 17.7 Å². The van der Waals surface area contributed by atoms with Gasteiger partial charge < -0.3 is 18.6 Å². The van der Waals surface area contributed by atoms with Crippen molar-refractivity contribution in [3.05, 3.63) is 46.5 Å². The van der Waals surface area contributed by atoms with E-state index in [1.54, 1.807) is 28.4 Å². The lowest BCUT2D eigenvalue weighted by Gasteiger charge is -2.32. The van der Waals surface area contributed by atoms with Crippen molar-refractivity contribution < 1.29 is 13.6 Å². The van der Waals surface area contributed by atoms with Crippen LogP contribution >= 0.6 is 11.3 Å². The Kier molecular flexibility index (Phi) is 5.17. The Hall–Kier alpha value is -3.05. The average molecular weight is 396 g/mol. The van der Waals surface area contributed by atoms with Gasteiger partial charge in [0.2, 0.25) is 17.5 Å². The maximum Gasteiger partial charge on any atom is 0.266 e. The molecule has 0 unspecified atom stereocenters. The Bertz CT molecular complexity index is 964. The second-order valence-corrected chi connectivity index (χ2v) is 7.83. The summed E-state index contributed by atoms with van der Waals surface area (Å²) in [7, 11) is 1.86. The van der Waals surface area contributed by atoms with Crippen LogP contribution in [0, 0.1) is 17.2 Å². The number of anilines is 1. The molecule has 1 aliphatic rings. The van der Waals surface area contributed by atoms with Crippen LogP contribution in [0.15, 0.2) is 44.7 Å². The number of furan rings is 1. The van der Waals surface area contributed by atoms with Crippen molar-refractivity contribution in [2.24, 2.45) is 5.92 Å². The molecule has 1 fully saturated rings. The van der Waals surface area contributed by atoms with Crippen LogP contribution in [0.4, 0.5) is 5.88 Å². The number of hydrogen-bond acceptors (Lipinski definition) is 7. The first-order valence-electron chi connectivity index (χ1n) is 9.13. The summed E-state index contributed by atoms with van der Waals surface area (Å²) in [6, 6.07) is 9.62. The van der Waals surface area contributed by atoms with Crippen molar-refractivity contribution in [1.29, 1.82) is 5.26 Å². The third-order valence-corrected chi connectivity index (χ3v) is 5.79. The number of aromatic nitrogens is 1. The third kappa shape index (κ3) is 3.66. The van der Waals surface area contributed by atoms with E-state index in [1.165, 1.54) is 11.1 Å². The molecule has 0 aliphatic carbocycles. The summed E-state index contributed by atoms with van der Waals surface area (Å²) in [5, 5.41) is 11.4. The largest absolute Gasteiger partial charge is 0.459 e. The van der Waals surface area contributed by atoms with Crippen LogP contribution < -0.4 is 4.90 Å². The van der Waals surface area contributed by atoms with E-state index in [0.29, 0.717) is 37.2 Å². The van der Waals surface area contributed by atoms with Crippen LogP contribution in [0.3, 0.4) is 0 Å². The minimum atomic E-state index is -0.0146. The monoisotopic (exact) mass is 396 g/mol. The zero-order valence-corrected chi connectivity index (χ0v) is 16.3. The first kappa shape index (κ1) is 18.3. The second kappa shape index (κ2) is 7.90. The summed E-state index contributed by atoms with van der Waals surface area (Å²) < 4.78 is 11.1. The van der Waals surface area contributed by atoms with Crippen molar-refractivity contribution in [2.75, 3.05) is 25.0 Å². The van der Waals surface area contributed by atoms with E-state index in [1.807, 2.05) is 29.5 Å². The molecule has 0 N–H and O–H groups in total. The topological polar surface area (TPSA) is 86.5 Å². The predicted octanol–water partition coefficient (Wildman–Crippen LogP) is 3.74.